The smallest absolute Gasteiger partial charge is 0.0459 e. The summed E-state index contributed by atoms with van der Waals surface area (Å²) in [7, 11) is 0. The highest BCUT2D eigenvalue weighted by atomic mass is 15.0. The average molecular weight is 228 g/mol. The van der Waals surface area contributed by atoms with Gasteiger partial charge in [0.1, 0.15) is 0 Å². The molecule has 90 valence electrons. The second kappa shape index (κ2) is 3.61. The highest BCUT2D eigenvalue weighted by Gasteiger charge is 2.27. The fraction of sp³-hybridized carbons (Fsp3) is 0.467. The maximum Gasteiger partial charge on any atom is 0.0459 e. The number of aromatic nitrogens is 1. The molecule has 0 saturated heterocycles. The van der Waals surface area contributed by atoms with Gasteiger partial charge in [-0.15, -0.1) is 0 Å². The zero-order valence-electron chi connectivity index (χ0n) is 10.9. The van der Waals surface area contributed by atoms with E-state index in [9.17, 15) is 0 Å². The lowest BCUT2D eigenvalue weighted by molar-refractivity contribution is 0.361. The first-order valence-electron chi connectivity index (χ1n) is 6.46. The van der Waals surface area contributed by atoms with Crippen molar-refractivity contribution in [3.63, 3.8) is 0 Å². The number of fused-ring (bicyclic) bond motifs is 3. The lowest BCUT2D eigenvalue weighted by atomic mass is 9.89. The maximum atomic E-state index is 3.57. The third-order valence-corrected chi connectivity index (χ3v) is 3.83. The third kappa shape index (κ3) is 1.77. The number of hydrogen-bond donors (Lipinski definition) is 2. The molecular formula is C15H20N2. The monoisotopic (exact) mass is 228 g/mol. The Balaban J connectivity index is 2.19. The standard InChI is InChI=1S/C15H20N2/c1-4-10-5-6-13-11(7-10)12-8-15(2,3)16-9-14(12)17-13/h5-7,16-17H,4,8-9H2,1-3H3. The Labute approximate surface area is 102 Å². The van der Waals surface area contributed by atoms with Crippen molar-refractivity contribution in [1.29, 1.82) is 0 Å². The molecule has 0 atom stereocenters. The van der Waals surface area contributed by atoms with E-state index in [0.29, 0.717) is 0 Å². The molecule has 0 spiro atoms. The van der Waals surface area contributed by atoms with Gasteiger partial charge in [-0.2, -0.15) is 0 Å². The first kappa shape index (κ1) is 10.8. The van der Waals surface area contributed by atoms with E-state index in [0.717, 1.165) is 19.4 Å². The van der Waals surface area contributed by atoms with Gasteiger partial charge in [0.15, 0.2) is 0 Å². The minimum absolute atomic E-state index is 0.213. The van der Waals surface area contributed by atoms with E-state index >= 15 is 0 Å². The van der Waals surface area contributed by atoms with E-state index in [4.69, 9.17) is 0 Å². The van der Waals surface area contributed by atoms with Crippen molar-refractivity contribution < 1.29 is 0 Å². The van der Waals surface area contributed by atoms with Crippen molar-refractivity contribution in [3.8, 4) is 0 Å². The predicted octanol–water partition coefficient (Wildman–Crippen LogP) is 3.15. The first-order valence-corrected chi connectivity index (χ1v) is 6.46. The zero-order chi connectivity index (χ0) is 12.0. The molecule has 17 heavy (non-hydrogen) atoms. The van der Waals surface area contributed by atoms with Gasteiger partial charge in [0.2, 0.25) is 0 Å². The summed E-state index contributed by atoms with van der Waals surface area (Å²) in [6.07, 6.45) is 2.22. The topological polar surface area (TPSA) is 27.8 Å². The number of aromatic amines is 1. The minimum Gasteiger partial charge on any atom is -0.357 e. The molecule has 2 N–H and O–H groups in total. The van der Waals surface area contributed by atoms with Crippen LogP contribution in [0, 0.1) is 0 Å². The lowest BCUT2D eigenvalue weighted by Gasteiger charge is -2.31. The highest BCUT2D eigenvalue weighted by Crippen LogP contribution is 2.30. The fourth-order valence-electron chi connectivity index (χ4n) is 2.76. The average Bonchev–Trinajstić information content (AvgIpc) is 2.65. The summed E-state index contributed by atoms with van der Waals surface area (Å²) in [6, 6.07) is 6.80. The molecular weight excluding hydrogens is 208 g/mol. The quantitative estimate of drug-likeness (QED) is 0.771. The Hall–Kier alpha value is -1.28. The molecule has 2 heteroatoms. The molecule has 0 amide bonds. The van der Waals surface area contributed by atoms with Crippen molar-refractivity contribution in [2.24, 2.45) is 0 Å². The lowest BCUT2D eigenvalue weighted by Crippen LogP contribution is -2.44. The Kier molecular flexibility index (Phi) is 2.30. The van der Waals surface area contributed by atoms with E-state index in [-0.39, 0.29) is 5.54 Å². The van der Waals surface area contributed by atoms with Crippen LogP contribution in [0.15, 0.2) is 18.2 Å². The normalized spacial score (nSPS) is 18.3. The van der Waals surface area contributed by atoms with Crippen LogP contribution in [0.5, 0.6) is 0 Å². The molecule has 3 rings (SSSR count). The van der Waals surface area contributed by atoms with Crippen LogP contribution in [0.25, 0.3) is 10.9 Å². The second-order valence-corrected chi connectivity index (χ2v) is 5.73. The van der Waals surface area contributed by atoms with Gasteiger partial charge in [0.05, 0.1) is 0 Å². The van der Waals surface area contributed by atoms with Crippen LogP contribution in [0.4, 0.5) is 0 Å². The van der Waals surface area contributed by atoms with Crippen LogP contribution in [-0.2, 0) is 19.4 Å². The van der Waals surface area contributed by atoms with Crippen LogP contribution in [-0.4, -0.2) is 10.5 Å². The zero-order valence-corrected chi connectivity index (χ0v) is 10.9. The molecule has 0 bridgehead atoms. The summed E-state index contributed by atoms with van der Waals surface area (Å²) >= 11 is 0. The number of nitrogens with one attached hydrogen (secondary N) is 2. The molecule has 0 fully saturated rings. The Morgan fingerprint density at radius 3 is 2.88 bits per heavy atom. The van der Waals surface area contributed by atoms with E-state index in [2.05, 4.69) is 49.3 Å². The highest BCUT2D eigenvalue weighted by molar-refractivity contribution is 5.85. The van der Waals surface area contributed by atoms with Crippen LogP contribution in [0.1, 0.15) is 37.6 Å². The Bertz CT molecular complexity index is 564. The molecule has 1 aromatic carbocycles. The van der Waals surface area contributed by atoms with Crippen molar-refractivity contribution in [1.82, 2.24) is 10.3 Å². The van der Waals surface area contributed by atoms with Crippen molar-refractivity contribution >= 4 is 10.9 Å². The number of H-pyrrole nitrogens is 1. The molecule has 2 heterocycles. The molecule has 2 aromatic rings. The third-order valence-electron chi connectivity index (χ3n) is 3.83. The second-order valence-electron chi connectivity index (χ2n) is 5.73. The summed E-state index contributed by atoms with van der Waals surface area (Å²) in [4.78, 5) is 3.54. The molecule has 0 saturated carbocycles. The van der Waals surface area contributed by atoms with Gasteiger partial charge in [-0.3, -0.25) is 0 Å². The van der Waals surface area contributed by atoms with Gasteiger partial charge >= 0.3 is 0 Å². The first-order chi connectivity index (χ1) is 8.09. The van der Waals surface area contributed by atoms with E-state index in [1.54, 1.807) is 0 Å². The molecule has 0 unspecified atom stereocenters. The Morgan fingerprint density at radius 1 is 1.29 bits per heavy atom. The van der Waals surface area contributed by atoms with Gasteiger partial charge in [0, 0.05) is 28.7 Å². The summed E-state index contributed by atoms with van der Waals surface area (Å²) in [5.41, 5.74) is 5.80. The van der Waals surface area contributed by atoms with Crippen molar-refractivity contribution in [2.45, 2.75) is 45.7 Å². The van der Waals surface area contributed by atoms with Crippen LogP contribution in [0.3, 0.4) is 0 Å². The largest absolute Gasteiger partial charge is 0.357 e. The molecule has 0 aliphatic carbocycles. The summed E-state index contributed by atoms with van der Waals surface area (Å²) < 4.78 is 0. The fourth-order valence-corrected chi connectivity index (χ4v) is 2.76. The molecule has 0 radical (unpaired) electrons. The molecule has 1 aliphatic rings. The summed E-state index contributed by atoms with van der Waals surface area (Å²) in [5, 5.41) is 5.00. The minimum atomic E-state index is 0.213. The maximum absolute atomic E-state index is 3.57. The number of hydrogen-bond acceptors (Lipinski definition) is 1. The molecule has 1 aromatic heterocycles. The number of benzene rings is 1. The molecule has 2 nitrogen and oxygen atoms in total. The van der Waals surface area contributed by atoms with E-state index < -0.39 is 0 Å². The van der Waals surface area contributed by atoms with Crippen LogP contribution >= 0.6 is 0 Å². The van der Waals surface area contributed by atoms with Gasteiger partial charge in [-0.1, -0.05) is 13.0 Å². The number of rotatable bonds is 1. The van der Waals surface area contributed by atoms with Crippen LogP contribution < -0.4 is 5.32 Å². The van der Waals surface area contributed by atoms with Gasteiger partial charge < -0.3 is 10.3 Å². The molecule has 1 aliphatic heterocycles. The Morgan fingerprint density at radius 2 is 2.12 bits per heavy atom. The van der Waals surface area contributed by atoms with Crippen molar-refractivity contribution in [2.75, 3.05) is 0 Å². The SMILES string of the molecule is CCc1ccc2[nH]c3c(c2c1)CC(C)(C)NC3. The van der Waals surface area contributed by atoms with Gasteiger partial charge in [-0.05, 0) is 49.9 Å². The predicted molar refractivity (Wildman–Crippen MR) is 72.3 cm³/mol. The number of aryl methyl sites for hydroxylation is 1. The van der Waals surface area contributed by atoms with E-state index in [1.165, 1.54) is 27.7 Å². The van der Waals surface area contributed by atoms with Crippen molar-refractivity contribution in [3.05, 3.63) is 35.0 Å². The van der Waals surface area contributed by atoms with E-state index in [1.807, 2.05) is 0 Å². The summed E-state index contributed by atoms with van der Waals surface area (Å²) in [5.74, 6) is 0. The van der Waals surface area contributed by atoms with Gasteiger partial charge in [-0.25, -0.2) is 0 Å². The van der Waals surface area contributed by atoms with Gasteiger partial charge in [0.25, 0.3) is 0 Å². The summed E-state index contributed by atoms with van der Waals surface area (Å²) in [6.45, 7) is 7.72. The van der Waals surface area contributed by atoms with Crippen LogP contribution in [0.2, 0.25) is 0 Å².